The summed E-state index contributed by atoms with van der Waals surface area (Å²) < 4.78 is 5.51. The summed E-state index contributed by atoms with van der Waals surface area (Å²) in [7, 11) is 0. The van der Waals surface area contributed by atoms with Crippen LogP contribution in [0.3, 0.4) is 0 Å². The summed E-state index contributed by atoms with van der Waals surface area (Å²) in [5.74, 6) is 0.356. The van der Waals surface area contributed by atoms with Crippen molar-refractivity contribution in [3.05, 3.63) is 57.8 Å². The maximum absolute atomic E-state index is 10.6. The summed E-state index contributed by atoms with van der Waals surface area (Å²) in [5.41, 5.74) is 1.18. The first-order valence-electron chi connectivity index (χ1n) is 5.17. The van der Waals surface area contributed by atoms with Gasteiger partial charge in [-0.2, -0.15) is 0 Å². The highest BCUT2D eigenvalue weighted by Crippen LogP contribution is 2.34. The lowest BCUT2D eigenvalue weighted by molar-refractivity contribution is 0.112. The van der Waals surface area contributed by atoms with Gasteiger partial charge in [0.1, 0.15) is 12.9 Å². The summed E-state index contributed by atoms with van der Waals surface area (Å²) in [6.45, 7) is 0.265. The van der Waals surface area contributed by atoms with Crippen molar-refractivity contribution in [1.82, 2.24) is 4.98 Å². The minimum Gasteiger partial charge on any atom is -0.484 e. The largest absolute Gasteiger partial charge is 0.484 e. The Balaban J connectivity index is 2.17. The summed E-state index contributed by atoms with van der Waals surface area (Å²) in [4.78, 5) is 14.8. The molecule has 0 atom stereocenters. The maximum Gasteiger partial charge on any atom is 0.157 e. The molecule has 0 aliphatic rings. The number of pyridine rings is 1. The Morgan fingerprint density at radius 1 is 1.22 bits per heavy atom. The Labute approximate surface area is 114 Å². The van der Waals surface area contributed by atoms with E-state index in [1.165, 1.54) is 12.1 Å². The second-order valence-corrected chi connectivity index (χ2v) is 4.36. The SMILES string of the molecule is O=Cc1cc(Cl)c(OCc2ccccn2)c(Cl)c1. The Bertz CT molecular complexity index is 535. The number of carbonyl (C=O) groups excluding carboxylic acids is 1. The van der Waals surface area contributed by atoms with Gasteiger partial charge in [-0.05, 0) is 24.3 Å². The van der Waals surface area contributed by atoms with Crippen LogP contribution in [-0.4, -0.2) is 11.3 Å². The van der Waals surface area contributed by atoms with E-state index in [4.69, 9.17) is 27.9 Å². The van der Waals surface area contributed by atoms with E-state index in [9.17, 15) is 4.79 Å². The molecule has 0 unspecified atom stereocenters. The maximum atomic E-state index is 10.6. The van der Waals surface area contributed by atoms with Crippen LogP contribution in [0.2, 0.25) is 10.0 Å². The lowest BCUT2D eigenvalue weighted by Gasteiger charge is -2.10. The molecule has 0 amide bonds. The standard InChI is InChI=1S/C13H9Cl2NO2/c14-11-5-9(7-17)6-12(15)13(11)18-8-10-3-1-2-4-16-10/h1-7H,8H2. The molecule has 2 aromatic rings. The van der Waals surface area contributed by atoms with E-state index in [0.717, 1.165) is 5.69 Å². The van der Waals surface area contributed by atoms with Crippen LogP contribution in [0.4, 0.5) is 0 Å². The van der Waals surface area contributed by atoms with Gasteiger partial charge in [0.25, 0.3) is 0 Å². The average molecular weight is 282 g/mol. The van der Waals surface area contributed by atoms with Gasteiger partial charge in [-0.25, -0.2) is 0 Å². The third-order valence-electron chi connectivity index (χ3n) is 2.25. The zero-order chi connectivity index (χ0) is 13.0. The van der Waals surface area contributed by atoms with Crippen molar-refractivity contribution in [3.8, 4) is 5.75 Å². The number of rotatable bonds is 4. The molecule has 0 fully saturated rings. The fourth-order valence-corrected chi connectivity index (χ4v) is 2.03. The normalized spacial score (nSPS) is 10.1. The van der Waals surface area contributed by atoms with Gasteiger partial charge in [-0.3, -0.25) is 9.78 Å². The molecule has 1 heterocycles. The first-order chi connectivity index (χ1) is 8.70. The molecule has 0 saturated carbocycles. The predicted octanol–water partition coefficient (Wildman–Crippen LogP) is 3.78. The Kier molecular flexibility index (Phi) is 4.18. The number of benzene rings is 1. The number of aldehydes is 1. The number of hydrogen-bond donors (Lipinski definition) is 0. The lowest BCUT2D eigenvalue weighted by atomic mass is 10.2. The second kappa shape index (κ2) is 5.85. The molecule has 92 valence electrons. The van der Waals surface area contributed by atoms with Crippen LogP contribution in [0, 0.1) is 0 Å². The van der Waals surface area contributed by atoms with E-state index < -0.39 is 0 Å². The molecule has 0 N–H and O–H groups in total. The minimum atomic E-state index is 0.265. The van der Waals surface area contributed by atoms with Crippen LogP contribution in [-0.2, 0) is 6.61 Å². The van der Waals surface area contributed by atoms with E-state index in [-0.39, 0.29) is 6.61 Å². The molecule has 0 bridgehead atoms. The van der Waals surface area contributed by atoms with Crippen molar-refractivity contribution in [3.63, 3.8) is 0 Å². The minimum absolute atomic E-state index is 0.265. The summed E-state index contributed by atoms with van der Waals surface area (Å²) in [6, 6.07) is 8.54. The number of aromatic nitrogens is 1. The first-order valence-corrected chi connectivity index (χ1v) is 5.93. The third kappa shape index (κ3) is 3.00. The molecule has 2 rings (SSSR count). The number of ether oxygens (including phenoxy) is 1. The van der Waals surface area contributed by atoms with Crippen LogP contribution in [0.1, 0.15) is 16.1 Å². The fraction of sp³-hybridized carbons (Fsp3) is 0.0769. The van der Waals surface area contributed by atoms with Gasteiger partial charge in [-0.15, -0.1) is 0 Å². The van der Waals surface area contributed by atoms with E-state index >= 15 is 0 Å². The van der Waals surface area contributed by atoms with Crippen LogP contribution in [0.25, 0.3) is 0 Å². The highest BCUT2D eigenvalue weighted by Gasteiger charge is 2.10. The quantitative estimate of drug-likeness (QED) is 0.801. The van der Waals surface area contributed by atoms with E-state index in [0.29, 0.717) is 27.6 Å². The zero-order valence-electron chi connectivity index (χ0n) is 9.27. The Morgan fingerprint density at radius 3 is 2.50 bits per heavy atom. The van der Waals surface area contributed by atoms with Crippen molar-refractivity contribution in [2.75, 3.05) is 0 Å². The molecular weight excluding hydrogens is 273 g/mol. The molecule has 0 radical (unpaired) electrons. The van der Waals surface area contributed by atoms with Gasteiger partial charge in [0.05, 0.1) is 15.7 Å². The van der Waals surface area contributed by atoms with Crippen molar-refractivity contribution < 1.29 is 9.53 Å². The van der Waals surface area contributed by atoms with Crippen molar-refractivity contribution in [2.45, 2.75) is 6.61 Å². The third-order valence-corrected chi connectivity index (χ3v) is 2.81. The molecule has 1 aromatic carbocycles. The molecule has 0 saturated heterocycles. The first kappa shape index (κ1) is 12.9. The predicted molar refractivity (Wildman–Crippen MR) is 70.4 cm³/mol. The topological polar surface area (TPSA) is 39.2 Å². The van der Waals surface area contributed by atoms with Gasteiger partial charge in [0.2, 0.25) is 0 Å². The molecule has 0 spiro atoms. The molecule has 5 heteroatoms. The van der Waals surface area contributed by atoms with Gasteiger partial charge in [0, 0.05) is 11.8 Å². The van der Waals surface area contributed by atoms with Crippen LogP contribution in [0.5, 0.6) is 5.75 Å². The van der Waals surface area contributed by atoms with E-state index in [1.807, 2.05) is 18.2 Å². The Hall–Kier alpha value is -1.58. The highest BCUT2D eigenvalue weighted by atomic mass is 35.5. The van der Waals surface area contributed by atoms with Crippen molar-refractivity contribution in [2.24, 2.45) is 0 Å². The number of hydrogen-bond acceptors (Lipinski definition) is 3. The molecule has 18 heavy (non-hydrogen) atoms. The van der Waals surface area contributed by atoms with Gasteiger partial charge in [-0.1, -0.05) is 29.3 Å². The van der Waals surface area contributed by atoms with Crippen LogP contribution < -0.4 is 4.74 Å². The zero-order valence-corrected chi connectivity index (χ0v) is 10.8. The number of carbonyl (C=O) groups is 1. The van der Waals surface area contributed by atoms with Gasteiger partial charge >= 0.3 is 0 Å². The number of nitrogens with zero attached hydrogens (tertiary/aromatic N) is 1. The van der Waals surface area contributed by atoms with E-state index in [1.54, 1.807) is 6.20 Å². The van der Waals surface area contributed by atoms with Crippen LogP contribution >= 0.6 is 23.2 Å². The monoisotopic (exact) mass is 281 g/mol. The van der Waals surface area contributed by atoms with E-state index in [2.05, 4.69) is 4.98 Å². The number of halogens is 2. The Morgan fingerprint density at radius 2 is 1.94 bits per heavy atom. The van der Waals surface area contributed by atoms with Crippen molar-refractivity contribution in [1.29, 1.82) is 0 Å². The summed E-state index contributed by atoms with van der Waals surface area (Å²) in [5, 5.41) is 0.612. The lowest BCUT2D eigenvalue weighted by Crippen LogP contribution is -1.99. The van der Waals surface area contributed by atoms with Crippen molar-refractivity contribution >= 4 is 29.5 Å². The van der Waals surface area contributed by atoms with Gasteiger partial charge < -0.3 is 4.74 Å². The van der Waals surface area contributed by atoms with Gasteiger partial charge in [0.15, 0.2) is 5.75 Å². The summed E-state index contributed by atoms with van der Waals surface area (Å²) in [6.07, 6.45) is 2.36. The van der Waals surface area contributed by atoms with Crippen LogP contribution in [0.15, 0.2) is 36.5 Å². The fourth-order valence-electron chi connectivity index (χ4n) is 1.42. The highest BCUT2D eigenvalue weighted by molar-refractivity contribution is 6.37. The average Bonchev–Trinajstić information content (AvgIpc) is 2.38. The molecular formula is C13H9Cl2NO2. The molecule has 3 nitrogen and oxygen atoms in total. The molecule has 1 aromatic heterocycles. The summed E-state index contributed by atoms with van der Waals surface area (Å²) >= 11 is 12.0. The molecule has 0 aliphatic heterocycles. The molecule has 0 aliphatic carbocycles. The smallest absolute Gasteiger partial charge is 0.157 e. The second-order valence-electron chi connectivity index (χ2n) is 3.54.